The summed E-state index contributed by atoms with van der Waals surface area (Å²) in [6.45, 7) is 6.44. The molecule has 6 heteroatoms. The van der Waals surface area contributed by atoms with Crippen molar-refractivity contribution in [2.75, 3.05) is 6.61 Å². The first-order valence-electron chi connectivity index (χ1n) is 26.9. The minimum atomic E-state index is -0.798. The monoisotopic (exact) mass is 870 g/mol. The Balaban J connectivity index is 4.64. The second kappa shape index (κ2) is 49.8. The van der Waals surface area contributed by atoms with E-state index in [2.05, 4.69) is 74.7 Å². The number of aliphatic hydroxyl groups is 2. The first-order valence-corrected chi connectivity index (χ1v) is 26.9. The number of amides is 1. The van der Waals surface area contributed by atoms with Crippen molar-refractivity contribution in [1.82, 2.24) is 5.32 Å². The maximum atomic E-state index is 13.2. The van der Waals surface area contributed by atoms with Crippen LogP contribution in [0, 0.1) is 0 Å². The summed E-state index contributed by atoms with van der Waals surface area (Å²) < 4.78 is 5.92. The van der Waals surface area contributed by atoms with Crippen molar-refractivity contribution in [3.63, 3.8) is 0 Å². The summed E-state index contributed by atoms with van der Waals surface area (Å²) in [5.74, 6) is -0.510. The molecule has 0 aliphatic rings. The molecule has 0 bridgehead atoms. The summed E-state index contributed by atoms with van der Waals surface area (Å²) >= 11 is 0. The molecule has 62 heavy (non-hydrogen) atoms. The predicted molar refractivity (Wildman–Crippen MR) is 269 cm³/mol. The molecule has 1 amide bonds. The minimum Gasteiger partial charge on any atom is -0.462 e. The number of aliphatic hydroxyl groups excluding tert-OH is 2. The average Bonchev–Trinajstić information content (AvgIpc) is 3.26. The van der Waals surface area contributed by atoms with Gasteiger partial charge in [-0.2, -0.15) is 0 Å². The lowest BCUT2D eigenvalue weighted by Gasteiger charge is -2.24. The van der Waals surface area contributed by atoms with E-state index in [1.165, 1.54) is 154 Å². The Labute approximate surface area is 385 Å². The van der Waals surface area contributed by atoms with Crippen LogP contribution in [-0.2, 0) is 14.3 Å². The maximum Gasteiger partial charge on any atom is 0.306 e. The van der Waals surface area contributed by atoms with Crippen LogP contribution in [0.3, 0.4) is 0 Å². The van der Waals surface area contributed by atoms with E-state index in [1.54, 1.807) is 0 Å². The highest BCUT2D eigenvalue weighted by atomic mass is 16.5. The molecule has 0 fully saturated rings. The zero-order valence-electron chi connectivity index (χ0n) is 41.3. The zero-order valence-corrected chi connectivity index (χ0v) is 41.3. The second-order valence-corrected chi connectivity index (χ2v) is 18.3. The van der Waals surface area contributed by atoms with Gasteiger partial charge in [-0.25, -0.2) is 0 Å². The fourth-order valence-electron chi connectivity index (χ4n) is 8.02. The maximum absolute atomic E-state index is 13.2. The van der Waals surface area contributed by atoms with Gasteiger partial charge in [-0.15, -0.1) is 0 Å². The second-order valence-electron chi connectivity index (χ2n) is 18.3. The van der Waals surface area contributed by atoms with Crippen molar-refractivity contribution < 1.29 is 24.5 Å². The highest BCUT2D eigenvalue weighted by Gasteiger charge is 2.24. The van der Waals surface area contributed by atoms with Crippen LogP contribution in [0.15, 0.2) is 48.6 Å². The molecule has 6 nitrogen and oxygen atoms in total. The number of rotatable bonds is 48. The molecule has 0 saturated carbocycles. The van der Waals surface area contributed by atoms with Gasteiger partial charge < -0.3 is 20.3 Å². The third-order valence-electron chi connectivity index (χ3n) is 12.1. The van der Waals surface area contributed by atoms with Crippen LogP contribution in [0.5, 0.6) is 0 Å². The molecule has 0 saturated heterocycles. The Kier molecular flexibility index (Phi) is 48.1. The van der Waals surface area contributed by atoms with E-state index in [4.69, 9.17) is 4.74 Å². The highest BCUT2D eigenvalue weighted by molar-refractivity contribution is 5.77. The van der Waals surface area contributed by atoms with Gasteiger partial charge in [0.2, 0.25) is 5.91 Å². The van der Waals surface area contributed by atoms with E-state index < -0.39 is 18.2 Å². The number of esters is 1. The first kappa shape index (κ1) is 59.8. The van der Waals surface area contributed by atoms with Crippen LogP contribution < -0.4 is 5.32 Å². The fourth-order valence-corrected chi connectivity index (χ4v) is 8.02. The highest BCUT2D eigenvalue weighted by Crippen LogP contribution is 2.17. The van der Waals surface area contributed by atoms with E-state index in [0.29, 0.717) is 19.3 Å². The van der Waals surface area contributed by atoms with Crippen molar-refractivity contribution >= 4 is 11.9 Å². The quantitative estimate of drug-likeness (QED) is 0.0322. The number of nitrogens with one attached hydrogen (secondary N) is 1. The van der Waals surface area contributed by atoms with Gasteiger partial charge in [0, 0.05) is 6.42 Å². The van der Waals surface area contributed by atoms with Crippen molar-refractivity contribution in [3.05, 3.63) is 48.6 Å². The zero-order chi connectivity index (χ0) is 45.2. The molecule has 0 aromatic carbocycles. The number of hydrogen-bond donors (Lipinski definition) is 3. The smallest absolute Gasteiger partial charge is 0.306 e. The average molecular weight is 870 g/mol. The number of hydrogen-bond acceptors (Lipinski definition) is 5. The fraction of sp³-hybridized carbons (Fsp3) is 0.821. The third kappa shape index (κ3) is 44.4. The van der Waals surface area contributed by atoms with Gasteiger partial charge in [-0.1, -0.05) is 217 Å². The van der Waals surface area contributed by atoms with Crippen molar-refractivity contribution in [3.8, 4) is 0 Å². The van der Waals surface area contributed by atoms with E-state index in [1.807, 2.05) is 0 Å². The van der Waals surface area contributed by atoms with Crippen LogP contribution in [0.2, 0.25) is 0 Å². The molecule has 0 aromatic heterocycles. The molecule has 0 radical (unpaired) electrons. The normalized spacial score (nSPS) is 13.6. The summed E-state index contributed by atoms with van der Waals surface area (Å²) in [7, 11) is 0. The summed E-state index contributed by atoms with van der Waals surface area (Å²) in [6, 6.07) is -0.714. The SMILES string of the molecule is CCCCC/C=C\C/C=C\C/C=C\CCCCC(CC(=O)NC(CO)C(O)CCCCCCCCCCCCCCC)OC(=O)CCCCCCCCC/C=C\CCCCCC. The third-order valence-corrected chi connectivity index (χ3v) is 12.1. The number of unbranched alkanes of at least 4 members (excludes halogenated alkanes) is 28. The molecule has 0 aliphatic heterocycles. The molecular weight excluding hydrogens is 767 g/mol. The van der Waals surface area contributed by atoms with Gasteiger partial charge in [0.1, 0.15) is 6.10 Å². The van der Waals surface area contributed by atoms with Gasteiger partial charge in [0.15, 0.2) is 0 Å². The van der Waals surface area contributed by atoms with Crippen LogP contribution in [0.4, 0.5) is 0 Å². The van der Waals surface area contributed by atoms with Crippen LogP contribution in [-0.4, -0.2) is 46.9 Å². The topological polar surface area (TPSA) is 95.9 Å². The lowest BCUT2D eigenvalue weighted by Crippen LogP contribution is -2.46. The van der Waals surface area contributed by atoms with Gasteiger partial charge in [-0.3, -0.25) is 9.59 Å². The number of carbonyl (C=O) groups is 2. The molecule has 362 valence electrons. The van der Waals surface area contributed by atoms with Crippen LogP contribution >= 0.6 is 0 Å². The molecule has 3 unspecified atom stereocenters. The van der Waals surface area contributed by atoms with Crippen molar-refractivity contribution in [2.45, 2.75) is 289 Å². The molecule has 0 heterocycles. The van der Waals surface area contributed by atoms with Crippen LogP contribution in [0.25, 0.3) is 0 Å². The van der Waals surface area contributed by atoms with Crippen molar-refractivity contribution in [1.29, 1.82) is 0 Å². The Morgan fingerprint density at radius 1 is 0.468 bits per heavy atom. The lowest BCUT2D eigenvalue weighted by atomic mass is 10.0. The Hall–Kier alpha value is -2.18. The Morgan fingerprint density at radius 3 is 1.32 bits per heavy atom. The van der Waals surface area contributed by atoms with Crippen LogP contribution in [0.1, 0.15) is 271 Å². The lowest BCUT2D eigenvalue weighted by molar-refractivity contribution is -0.151. The molecule has 3 atom stereocenters. The first-order chi connectivity index (χ1) is 30.5. The Morgan fingerprint density at radius 2 is 0.823 bits per heavy atom. The standard InChI is InChI=1S/C56H103NO5/c1-4-7-10-13-16-19-22-25-27-30-32-35-38-41-44-47-52(62-56(61)49-46-43-40-37-34-31-28-26-23-20-17-14-11-8-5-2)50-55(60)57-53(51-58)54(59)48-45-42-39-36-33-29-24-21-18-15-12-9-6-3/h16,19-20,23,25,27,32,35,52-54,58-59H,4-15,17-18,21-22,24,26,28-31,33-34,36-51H2,1-3H3,(H,57,60)/b19-16-,23-20-,27-25-,35-32-. The predicted octanol–water partition coefficient (Wildman–Crippen LogP) is 16.2. The molecule has 0 aromatic rings. The molecule has 0 aliphatic carbocycles. The summed E-state index contributed by atoms with van der Waals surface area (Å²) in [6.07, 6.45) is 60.2. The number of allylic oxidation sites excluding steroid dienone is 8. The molecule has 0 spiro atoms. The van der Waals surface area contributed by atoms with Gasteiger partial charge >= 0.3 is 5.97 Å². The van der Waals surface area contributed by atoms with E-state index in [-0.39, 0.29) is 24.9 Å². The van der Waals surface area contributed by atoms with Crippen molar-refractivity contribution in [2.24, 2.45) is 0 Å². The molecular formula is C56H103NO5. The van der Waals surface area contributed by atoms with Gasteiger partial charge in [-0.05, 0) is 89.9 Å². The van der Waals surface area contributed by atoms with E-state index in [9.17, 15) is 19.8 Å². The molecule has 3 N–H and O–H groups in total. The number of carbonyl (C=O) groups excluding carboxylic acids is 2. The van der Waals surface area contributed by atoms with E-state index in [0.717, 1.165) is 70.6 Å². The number of ether oxygens (including phenoxy) is 1. The largest absolute Gasteiger partial charge is 0.462 e. The summed E-state index contributed by atoms with van der Waals surface area (Å²) in [4.78, 5) is 26.2. The summed E-state index contributed by atoms with van der Waals surface area (Å²) in [5.41, 5.74) is 0. The van der Waals surface area contributed by atoms with Gasteiger partial charge in [0.05, 0.1) is 25.2 Å². The summed E-state index contributed by atoms with van der Waals surface area (Å²) in [5, 5.41) is 23.8. The minimum absolute atomic E-state index is 0.0510. The van der Waals surface area contributed by atoms with Gasteiger partial charge in [0.25, 0.3) is 0 Å². The van der Waals surface area contributed by atoms with E-state index >= 15 is 0 Å². The Bertz CT molecular complexity index is 1070. The molecule has 0 rings (SSSR count).